The van der Waals surface area contributed by atoms with Gasteiger partial charge in [-0.1, -0.05) is 11.2 Å². The molecule has 3 aromatic rings. The number of amides is 1. The third-order valence-electron chi connectivity index (χ3n) is 4.09. The summed E-state index contributed by atoms with van der Waals surface area (Å²) < 4.78 is 16.0. The van der Waals surface area contributed by atoms with Crippen LogP contribution < -0.4 is 14.8 Å². The van der Waals surface area contributed by atoms with E-state index in [4.69, 9.17) is 14.0 Å². The molecule has 1 heterocycles. The van der Waals surface area contributed by atoms with Crippen LogP contribution in [0.25, 0.3) is 11.4 Å². The monoisotopic (exact) mass is 381 g/mol. The number of rotatable bonds is 8. The normalized spacial score (nSPS) is 10.5. The zero-order valence-corrected chi connectivity index (χ0v) is 16.2. The van der Waals surface area contributed by atoms with Crippen LogP contribution in [0.1, 0.15) is 24.8 Å². The summed E-state index contributed by atoms with van der Waals surface area (Å²) in [5.41, 5.74) is 2.51. The van der Waals surface area contributed by atoms with E-state index in [0.29, 0.717) is 36.2 Å². The molecule has 0 saturated heterocycles. The Bertz CT molecular complexity index is 935. The molecule has 0 atom stereocenters. The Labute approximate surface area is 163 Å². The maximum Gasteiger partial charge on any atom is 0.227 e. The van der Waals surface area contributed by atoms with Crippen LogP contribution in [0.2, 0.25) is 0 Å². The molecule has 0 fully saturated rings. The molecule has 1 aromatic heterocycles. The van der Waals surface area contributed by atoms with E-state index in [0.717, 1.165) is 16.9 Å². The molecule has 2 aromatic carbocycles. The number of nitrogens with one attached hydrogen (secondary N) is 1. The second-order valence-electron chi connectivity index (χ2n) is 6.22. The second kappa shape index (κ2) is 9.03. The van der Waals surface area contributed by atoms with Crippen molar-refractivity contribution in [3.8, 4) is 22.9 Å². The van der Waals surface area contributed by atoms with Crippen molar-refractivity contribution >= 4 is 11.6 Å². The lowest BCUT2D eigenvalue weighted by Gasteiger charge is -2.10. The van der Waals surface area contributed by atoms with Crippen molar-refractivity contribution in [1.82, 2.24) is 10.1 Å². The van der Waals surface area contributed by atoms with Crippen molar-refractivity contribution in [3.63, 3.8) is 0 Å². The van der Waals surface area contributed by atoms with E-state index >= 15 is 0 Å². The lowest BCUT2D eigenvalue weighted by molar-refractivity contribution is -0.116. The summed E-state index contributed by atoms with van der Waals surface area (Å²) in [6.07, 6.45) is 0.575. The predicted molar refractivity (Wildman–Crippen MR) is 106 cm³/mol. The number of methoxy groups -OCH3 is 1. The molecule has 146 valence electrons. The number of aryl methyl sites for hydroxylation is 2. The summed E-state index contributed by atoms with van der Waals surface area (Å²) in [5, 5.41) is 6.85. The van der Waals surface area contributed by atoms with Gasteiger partial charge in [0.15, 0.2) is 0 Å². The molecule has 0 aliphatic rings. The molecular formula is C21H23N3O4. The van der Waals surface area contributed by atoms with Gasteiger partial charge < -0.3 is 19.3 Å². The average molecular weight is 381 g/mol. The first-order chi connectivity index (χ1) is 13.6. The smallest absolute Gasteiger partial charge is 0.227 e. The molecule has 0 bridgehead atoms. The molecule has 7 nitrogen and oxygen atoms in total. The number of benzene rings is 2. The molecule has 0 aliphatic heterocycles. The Morgan fingerprint density at radius 3 is 2.68 bits per heavy atom. The molecule has 0 saturated carbocycles. The van der Waals surface area contributed by atoms with Crippen molar-refractivity contribution in [2.45, 2.75) is 26.7 Å². The lowest BCUT2D eigenvalue weighted by Crippen LogP contribution is -2.13. The quantitative estimate of drug-likeness (QED) is 0.634. The molecular weight excluding hydrogens is 358 g/mol. The van der Waals surface area contributed by atoms with Gasteiger partial charge in [-0.3, -0.25) is 4.79 Å². The van der Waals surface area contributed by atoms with E-state index in [-0.39, 0.29) is 12.3 Å². The number of aromatic nitrogens is 2. The zero-order valence-electron chi connectivity index (χ0n) is 16.2. The lowest BCUT2D eigenvalue weighted by atomic mass is 10.2. The molecule has 0 radical (unpaired) electrons. The van der Waals surface area contributed by atoms with E-state index in [1.807, 2.05) is 56.3 Å². The molecule has 0 spiro atoms. The fraction of sp³-hybridized carbons (Fsp3) is 0.286. The van der Waals surface area contributed by atoms with Crippen molar-refractivity contribution in [3.05, 3.63) is 53.9 Å². The van der Waals surface area contributed by atoms with Crippen LogP contribution in [0, 0.1) is 6.92 Å². The number of nitrogens with zero attached hydrogens (tertiary/aromatic N) is 2. The van der Waals surface area contributed by atoms with Crippen LogP contribution in [0.15, 0.2) is 47.0 Å². The topological polar surface area (TPSA) is 86.5 Å². The Balaban J connectivity index is 1.58. The van der Waals surface area contributed by atoms with Gasteiger partial charge in [0, 0.05) is 18.4 Å². The number of hydrogen-bond acceptors (Lipinski definition) is 6. The summed E-state index contributed by atoms with van der Waals surface area (Å²) in [7, 11) is 1.57. The van der Waals surface area contributed by atoms with Crippen molar-refractivity contribution in [2.75, 3.05) is 19.0 Å². The van der Waals surface area contributed by atoms with Gasteiger partial charge in [-0.15, -0.1) is 0 Å². The van der Waals surface area contributed by atoms with E-state index in [1.54, 1.807) is 7.11 Å². The van der Waals surface area contributed by atoms with Crippen LogP contribution in [0.3, 0.4) is 0 Å². The van der Waals surface area contributed by atoms with Crippen LogP contribution >= 0.6 is 0 Å². The molecule has 3 rings (SSSR count). The fourth-order valence-electron chi connectivity index (χ4n) is 2.69. The van der Waals surface area contributed by atoms with Gasteiger partial charge in [-0.2, -0.15) is 4.98 Å². The molecule has 0 unspecified atom stereocenters. The minimum absolute atomic E-state index is 0.148. The third-order valence-corrected chi connectivity index (χ3v) is 4.09. The van der Waals surface area contributed by atoms with Crippen molar-refractivity contribution in [1.29, 1.82) is 0 Å². The van der Waals surface area contributed by atoms with Gasteiger partial charge in [0.25, 0.3) is 0 Å². The van der Waals surface area contributed by atoms with Crippen LogP contribution in [-0.2, 0) is 11.2 Å². The number of carbonyl (C=O) groups is 1. The average Bonchev–Trinajstić information content (AvgIpc) is 3.16. The van der Waals surface area contributed by atoms with E-state index in [2.05, 4.69) is 15.5 Å². The van der Waals surface area contributed by atoms with Gasteiger partial charge in [0.1, 0.15) is 11.5 Å². The molecule has 7 heteroatoms. The van der Waals surface area contributed by atoms with E-state index in [9.17, 15) is 4.79 Å². The molecule has 0 aliphatic carbocycles. The Hall–Kier alpha value is -3.35. The highest BCUT2D eigenvalue weighted by molar-refractivity contribution is 5.92. The van der Waals surface area contributed by atoms with Crippen molar-refractivity contribution < 1.29 is 18.8 Å². The Morgan fingerprint density at radius 1 is 1.18 bits per heavy atom. The minimum atomic E-state index is -0.148. The van der Waals surface area contributed by atoms with E-state index in [1.165, 1.54) is 0 Å². The predicted octanol–water partition coefficient (Wildman–Crippen LogP) is 4.02. The first-order valence-electron chi connectivity index (χ1n) is 9.09. The highest BCUT2D eigenvalue weighted by atomic mass is 16.5. The third kappa shape index (κ3) is 4.88. The summed E-state index contributed by atoms with van der Waals surface area (Å²) in [6, 6.07) is 13.1. The van der Waals surface area contributed by atoms with Crippen LogP contribution in [0.4, 0.5) is 5.69 Å². The van der Waals surface area contributed by atoms with E-state index < -0.39 is 0 Å². The SMILES string of the molecule is CCOc1ccc(-c2noc(CCC(=O)Nc3cc(C)ccc3OC)n2)cc1. The Kier molecular flexibility index (Phi) is 6.26. The number of anilines is 1. The summed E-state index contributed by atoms with van der Waals surface area (Å²) in [6.45, 7) is 4.50. The summed E-state index contributed by atoms with van der Waals surface area (Å²) in [5.74, 6) is 2.16. The highest BCUT2D eigenvalue weighted by Gasteiger charge is 2.12. The Morgan fingerprint density at radius 2 is 1.96 bits per heavy atom. The standard InChI is InChI=1S/C21H23N3O4/c1-4-27-16-8-6-15(7-9-16)21-23-20(28-24-21)12-11-19(25)22-17-13-14(2)5-10-18(17)26-3/h5-10,13H,4,11-12H2,1-3H3,(H,22,25). The highest BCUT2D eigenvalue weighted by Crippen LogP contribution is 2.25. The first kappa shape index (κ1) is 19.4. The largest absolute Gasteiger partial charge is 0.495 e. The number of hydrogen-bond donors (Lipinski definition) is 1. The summed E-state index contributed by atoms with van der Waals surface area (Å²) >= 11 is 0. The number of carbonyl (C=O) groups excluding carboxylic acids is 1. The van der Waals surface area contributed by atoms with Gasteiger partial charge in [-0.25, -0.2) is 0 Å². The molecule has 1 amide bonds. The second-order valence-corrected chi connectivity index (χ2v) is 6.22. The van der Waals surface area contributed by atoms with Crippen LogP contribution in [0.5, 0.6) is 11.5 Å². The van der Waals surface area contributed by atoms with Gasteiger partial charge in [-0.05, 0) is 55.8 Å². The fourth-order valence-corrected chi connectivity index (χ4v) is 2.69. The van der Waals surface area contributed by atoms with Gasteiger partial charge >= 0.3 is 0 Å². The molecule has 1 N–H and O–H groups in total. The maximum absolute atomic E-state index is 12.3. The molecule has 28 heavy (non-hydrogen) atoms. The number of ether oxygens (including phenoxy) is 2. The zero-order chi connectivity index (χ0) is 19.9. The minimum Gasteiger partial charge on any atom is -0.495 e. The van der Waals surface area contributed by atoms with Crippen molar-refractivity contribution in [2.24, 2.45) is 0 Å². The van der Waals surface area contributed by atoms with Crippen LogP contribution in [-0.4, -0.2) is 29.8 Å². The summed E-state index contributed by atoms with van der Waals surface area (Å²) in [4.78, 5) is 16.6. The van der Waals surface area contributed by atoms with Gasteiger partial charge in [0.05, 0.1) is 19.4 Å². The first-order valence-corrected chi connectivity index (χ1v) is 9.09. The maximum atomic E-state index is 12.3. The van der Waals surface area contributed by atoms with Gasteiger partial charge in [0.2, 0.25) is 17.6 Å².